The van der Waals surface area contributed by atoms with Crippen molar-refractivity contribution in [3.05, 3.63) is 53.4 Å². The molecule has 0 amide bonds. The Balaban J connectivity index is 2.01. The molecular formula is C17H23N3O3. The maximum Gasteiger partial charge on any atom is 0.360 e. The monoisotopic (exact) mass is 317 g/mol. The molecule has 1 heterocycles. The predicted molar refractivity (Wildman–Crippen MR) is 87.0 cm³/mol. The summed E-state index contributed by atoms with van der Waals surface area (Å²) in [5.41, 5.74) is 1.43. The van der Waals surface area contributed by atoms with Crippen LogP contribution in [0.2, 0.25) is 0 Å². The van der Waals surface area contributed by atoms with E-state index in [1.165, 1.54) is 12.7 Å². The summed E-state index contributed by atoms with van der Waals surface area (Å²) in [6.45, 7) is 2.61. The van der Waals surface area contributed by atoms with Crippen LogP contribution in [0, 0.1) is 0 Å². The third-order valence-corrected chi connectivity index (χ3v) is 3.72. The second kappa shape index (κ2) is 7.89. The summed E-state index contributed by atoms with van der Waals surface area (Å²) in [6, 6.07) is 12.3. The zero-order valence-corrected chi connectivity index (χ0v) is 13.9. The molecule has 1 N–H and O–H groups in total. The number of hydrogen-bond donors (Lipinski definition) is 1. The molecule has 0 aliphatic carbocycles. The average molecular weight is 317 g/mol. The lowest BCUT2D eigenvalue weighted by Crippen LogP contribution is -2.38. The van der Waals surface area contributed by atoms with E-state index in [4.69, 9.17) is 4.52 Å². The Morgan fingerprint density at radius 2 is 2.04 bits per heavy atom. The van der Waals surface area contributed by atoms with E-state index in [-0.39, 0.29) is 17.8 Å². The number of ether oxygens (including phenoxy) is 1. The van der Waals surface area contributed by atoms with E-state index in [0.717, 1.165) is 0 Å². The molecule has 0 aliphatic rings. The molecule has 6 nitrogen and oxygen atoms in total. The molecule has 1 aromatic heterocycles. The zero-order chi connectivity index (χ0) is 16.8. The minimum atomic E-state index is -0.497. The van der Waals surface area contributed by atoms with Gasteiger partial charge in [0.1, 0.15) is 0 Å². The number of likely N-dealkylation sites (N-methyl/N-ethyl adjacent to an activating group) is 1. The van der Waals surface area contributed by atoms with E-state index < -0.39 is 5.97 Å². The molecule has 0 fully saturated rings. The van der Waals surface area contributed by atoms with Crippen molar-refractivity contribution in [3.63, 3.8) is 0 Å². The maximum absolute atomic E-state index is 11.4. The second-order valence-electron chi connectivity index (χ2n) is 5.66. The van der Waals surface area contributed by atoms with Crippen molar-refractivity contribution in [1.82, 2.24) is 15.4 Å². The molecule has 0 radical (unpaired) electrons. The third-order valence-electron chi connectivity index (χ3n) is 3.72. The van der Waals surface area contributed by atoms with Crippen molar-refractivity contribution in [2.75, 3.05) is 21.2 Å². The van der Waals surface area contributed by atoms with Crippen LogP contribution < -0.4 is 5.32 Å². The maximum atomic E-state index is 11.4. The normalized spacial score (nSPS) is 13.8. The number of carbonyl (C=O) groups is 1. The molecule has 0 spiro atoms. The first-order valence-electron chi connectivity index (χ1n) is 7.51. The molecular weight excluding hydrogens is 294 g/mol. The molecule has 23 heavy (non-hydrogen) atoms. The molecule has 0 aliphatic heterocycles. The van der Waals surface area contributed by atoms with Gasteiger partial charge in [-0.3, -0.25) is 0 Å². The fourth-order valence-electron chi connectivity index (χ4n) is 2.65. The Labute approximate surface area is 136 Å². The van der Waals surface area contributed by atoms with Crippen molar-refractivity contribution in [1.29, 1.82) is 0 Å². The van der Waals surface area contributed by atoms with Crippen molar-refractivity contribution in [2.45, 2.75) is 25.6 Å². The van der Waals surface area contributed by atoms with Crippen LogP contribution in [0.15, 0.2) is 40.9 Å². The first-order chi connectivity index (χ1) is 11.0. The van der Waals surface area contributed by atoms with Gasteiger partial charge in [0.05, 0.1) is 13.7 Å². The van der Waals surface area contributed by atoms with Gasteiger partial charge in [-0.25, -0.2) is 4.79 Å². The number of methoxy groups -OCH3 is 1. The number of nitrogens with one attached hydrogen (secondary N) is 1. The van der Waals surface area contributed by atoms with Crippen LogP contribution in [0.25, 0.3) is 0 Å². The lowest BCUT2D eigenvalue weighted by Gasteiger charge is -2.31. The summed E-state index contributed by atoms with van der Waals surface area (Å²) in [6.07, 6.45) is 0. The summed E-state index contributed by atoms with van der Waals surface area (Å²) >= 11 is 0. The summed E-state index contributed by atoms with van der Waals surface area (Å²) in [5, 5.41) is 7.12. The summed E-state index contributed by atoms with van der Waals surface area (Å²) < 4.78 is 9.77. The molecule has 2 atom stereocenters. The van der Waals surface area contributed by atoms with Gasteiger partial charge in [0.25, 0.3) is 0 Å². The smallest absolute Gasteiger partial charge is 0.360 e. The Morgan fingerprint density at radius 1 is 1.35 bits per heavy atom. The van der Waals surface area contributed by atoms with Gasteiger partial charge in [0.15, 0.2) is 11.5 Å². The van der Waals surface area contributed by atoms with Gasteiger partial charge in [0, 0.05) is 18.2 Å². The SMILES string of the molecule is COC(=O)c1cc(CN[C@H](C)[C@@H](c2ccccc2)N(C)C)on1. The van der Waals surface area contributed by atoms with Crippen molar-refractivity contribution in [3.8, 4) is 0 Å². The van der Waals surface area contributed by atoms with Gasteiger partial charge in [-0.2, -0.15) is 0 Å². The number of carbonyl (C=O) groups excluding carboxylic acids is 1. The summed E-state index contributed by atoms with van der Waals surface area (Å²) in [4.78, 5) is 13.5. The quantitative estimate of drug-likeness (QED) is 0.790. The molecule has 0 saturated carbocycles. The molecule has 2 rings (SSSR count). The van der Waals surface area contributed by atoms with E-state index in [2.05, 4.69) is 53.3 Å². The van der Waals surface area contributed by atoms with Gasteiger partial charge in [0.2, 0.25) is 0 Å². The third kappa shape index (κ3) is 4.40. The number of rotatable bonds is 7. The van der Waals surface area contributed by atoms with Gasteiger partial charge in [-0.1, -0.05) is 35.5 Å². The topological polar surface area (TPSA) is 67.6 Å². The van der Waals surface area contributed by atoms with E-state index in [1.807, 2.05) is 18.2 Å². The highest BCUT2D eigenvalue weighted by Gasteiger charge is 2.21. The van der Waals surface area contributed by atoms with Gasteiger partial charge in [-0.05, 0) is 26.6 Å². The minimum absolute atomic E-state index is 0.180. The molecule has 0 saturated heterocycles. The van der Waals surface area contributed by atoms with Crippen LogP contribution in [-0.4, -0.2) is 43.3 Å². The van der Waals surface area contributed by atoms with E-state index in [9.17, 15) is 4.79 Å². The highest BCUT2D eigenvalue weighted by Crippen LogP contribution is 2.22. The highest BCUT2D eigenvalue weighted by atomic mass is 16.5. The summed E-state index contributed by atoms with van der Waals surface area (Å²) in [5.74, 6) is 0.103. The van der Waals surface area contributed by atoms with Crippen molar-refractivity contribution in [2.24, 2.45) is 0 Å². The molecule has 0 unspecified atom stereocenters. The molecule has 2 aromatic rings. The Bertz CT molecular complexity index is 625. The van der Waals surface area contributed by atoms with Crippen LogP contribution in [0.4, 0.5) is 0 Å². The van der Waals surface area contributed by atoms with E-state index in [1.54, 1.807) is 6.07 Å². The van der Waals surface area contributed by atoms with E-state index >= 15 is 0 Å². The number of benzene rings is 1. The van der Waals surface area contributed by atoms with E-state index in [0.29, 0.717) is 12.3 Å². The molecule has 124 valence electrons. The fourth-order valence-corrected chi connectivity index (χ4v) is 2.65. The van der Waals surface area contributed by atoms with Crippen LogP contribution in [0.1, 0.15) is 34.8 Å². The molecule has 0 bridgehead atoms. The first-order valence-corrected chi connectivity index (χ1v) is 7.51. The van der Waals surface area contributed by atoms with Gasteiger partial charge < -0.3 is 19.5 Å². The highest BCUT2D eigenvalue weighted by molar-refractivity contribution is 5.86. The lowest BCUT2D eigenvalue weighted by atomic mass is 9.99. The van der Waals surface area contributed by atoms with Crippen molar-refractivity contribution >= 4 is 5.97 Å². The van der Waals surface area contributed by atoms with Crippen LogP contribution in [0.3, 0.4) is 0 Å². The zero-order valence-electron chi connectivity index (χ0n) is 13.9. The number of nitrogens with zero attached hydrogens (tertiary/aromatic N) is 2. The number of hydrogen-bond acceptors (Lipinski definition) is 6. The second-order valence-corrected chi connectivity index (χ2v) is 5.66. The number of esters is 1. The minimum Gasteiger partial charge on any atom is -0.464 e. The Morgan fingerprint density at radius 3 is 2.65 bits per heavy atom. The van der Waals surface area contributed by atoms with Crippen LogP contribution >= 0.6 is 0 Å². The lowest BCUT2D eigenvalue weighted by molar-refractivity contribution is 0.0589. The van der Waals surface area contributed by atoms with Crippen LogP contribution in [0.5, 0.6) is 0 Å². The average Bonchev–Trinajstić information content (AvgIpc) is 3.02. The Kier molecular flexibility index (Phi) is 5.90. The molecule has 1 aromatic carbocycles. The van der Waals surface area contributed by atoms with Gasteiger partial charge >= 0.3 is 5.97 Å². The Hall–Kier alpha value is -2.18. The molecule has 6 heteroatoms. The predicted octanol–water partition coefficient (Wildman–Crippen LogP) is 2.24. The van der Waals surface area contributed by atoms with Crippen molar-refractivity contribution < 1.29 is 14.1 Å². The van der Waals surface area contributed by atoms with Crippen LogP contribution in [-0.2, 0) is 11.3 Å². The fraction of sp³-hybridized carbons (Fsp3) is 0.412. The number of aromatic nitrogens is 1. The van der Waals surface area contributed by atoms with Gasteiger partial charge in [-0.15, -0.1) is 0 Å². The standard InChI is InChI=1S/C17H23N3O3/c1-12(16(20(2)3)13-8-6-5-7-9-13)18-11-14-10-15(19-23-14)17(21)22-4/h5-10,12,16,18H,11H2,1-4H3/t12-,16+/m1/s1. The summed E-state index contributed by atoms with van der Waals surface area (Å²) in [7, 11) is 5.43. The first kappa shape index (κ1) is 17.2. The largest absolute Gasteiger partial charge is 0.464 e.